The van der Waals surface area contributed by atoms with Crippen LogP contribution in [0.1, 0.15) is 16.5 Å². The highest BCUT2D eigenvalue weighted by Gasteiger charge is 2.22. The largest absolute Gasteiger partial charge is 0.372 e. The van der Waals surface area contributed by atoms with Gasteiger partial charge in [0, 0.05) is 17.8 Å². The standard InChI is InChI=1S/C8H10FNOS/c9-8-3-5-6(4-10)11-2-1-7(5)12-8/h3,6H,1-2,4,10H2/t6-/m0/s1. The quantitative estimate of drug-likeness (QED) is 0.722. The van der Waals surface area contributed by atoms with Crippen molar-refractivity contribution in [3.05, 3.63) is 21.6 Å². The van der Waals surface area contributed by atoms with E-state index in [-0.39, 0.29) is 11.2 Å². The Morgan fingerprint density at radius 3 is 3.33 bits per heavy atom. The minimum atomic E-state index is -0.135. The van der Waals surface area contributed by atoms with E-state index in [9.17, 15) is 4.39 Å². The molecule has 0 unspecified atom stereocenters. The minimum absolute atomic E-state index is 0.0884. The fourth-order valence-corrected chi connectivity index (χ4v) is 2.37. The first-order valence-electron chi connectivity index (χ1n) is 3.91. The molecule has 2 rings (SSSR count). The van der Waals surface area contributed by atoms with Crippen LogP contribution < -0.4 is 5.73 Å². The van der Waals surface area contributed by atoms with Crippen LogP contribution in [-0.2, 0) is 11.2 Å². The van der Waals surface area contributed by atoms with E-state index in [1.165, 1.54) is 17.4 Å². The van der Waals surface area contributed by atoms with Gasteiger partial charge in [-0.3, -0.25) is 0 Å². The molecule has 1 aliphatic rings. The summed E-state index contributed by atoms with van der Waals surface area (Å²) in [7, 11) is 0. The molecule has 2 N–H and O–H groups in total. The molecule has 1 aliphatic heterocycles. The molecule has 0 amide bonds. The normalized spacial score (nSPS) is 22.3. The second-order valence-electron chi connectivity index (χ2n) is 2.77. The van der Waals surface area contributed by atoms with Crippen molar-refractivity contribution in [1.82, 2.24) is 0 Å². The van der Waals surface area contributed by atoms with Gasteiger partial charge >= 0.3 is 0 Å². The number of fused-ring (bicyclic) bond motifs is 1. The predicted molar refractivity (Wildman–Crippen MR) is 45.7 cm³/mol. The van der Waals surface area contributed by atoms with Gasteiger partial charge in [0.25, 0.3) is 0 Å². The summed E-state index contributed by atoms with van der Waals surface area (Å²) in [6, 6.07) is 1.54. The van der Waals surface area contributed by atoms with Crippen LogP contribution in [0.5, 0.6) is 0 Å². The van der Waals surface area contributed by atoms with E-state index in [4.69, 9.17) is 10.5 Å². The summed E-state index contributed by atoms with van der Waals surface area (Å²) >= 11 is 1.21. The van der Waals surface area contributed by atoms with Crippen molar-refractivity contribution >= 4 is 11.3 Å². The van der Waals surface area contributed by atoms with Crippen molar-refractivity contribution in [2.45, 2.75) is 12.5 Å². The van der Waals surface area contributed by atoms with Gasteiger partial charge < -0.3 is 10.5 Å². The van der Waals surface area contributed by atoms with Crippen molar-refractivity contribution in [2.75, 3.05) is 13.2 Å². The first kappa shape index (κ1) is 8.16. The van der Waals surface area contributed by atoms with E-state index in [1.807, 2.05) is 0 Å². The van der Waals surface area contributed by atoms with Crippen LogP contribution in [0.3, 0.4) is 0 Å². The Morgan fingerprint density at radius 1 is 1.75 bits per heavy atom. The third kappa shape index (κ3) is 1.26. The molecule has 4 heteroatoms. The maximum Gasteiger partial charge on any atom is 0.177 e. The molecule has 0 aromatic carbocycles. The van der Waals surface area contributed by atoms with E-state index >= 15 is 0 Å². The van der Waals surface area contributed by atoms with Crippen LogP contribution >= 0.6 is 11.3 Å². The van der Waals surface area contributed by atoms with Crippen molar-refractivity contribution < 1.29 is 9.13 Å². The summed E-state index contributed by atoms with van der Waals surface area (Å²) in [5.74, 6) is 0. The fourth-order valence-electron chi connectivity index (χ4n) is 1.46. The van der Waals surface area contributed by atoms with Crippen LogP contribution in [0.25, 0.3) is 0 Å². The Labute approximate surface area is 74.1 Å². The molecule has 66 valence electrons. The molecule has 1 aromatic rings. The first-order chi connectivity index (χ1) is 5.81. The average molecular weight is 187 g/mol. The first-order valence-corrected chi connectivity index (χ1v) is 4.72. The number of ether oxygens (including phenoxy) is 1. The van der Waals surface area contributed by atoms with Gasteiger partial charge in [-0.2, -0.15) is 4.39 Å². The molecule has 0 saturated heterocycles. The zero-order valence-corrected chi connectivity index (χ0v) is 7.36. The van der Waals surface area contributed by atoms with Crippen LogP contribution in [0, 0.1) is 5.13 Å². The molecular weight excluding hydrogens is 177 g/mol. The number of halogens is 1. The smallest absolute Gasteiger partial charge is 0.177 e. The van der Waals surface area contributed by atoms with Gasteiger partial charge in [-0.1, -0.05) is 0 Å². The van der Waals surface area contributed by atoms with Crippen molar-refractivity contribution in [2.24, 2.45) is 5.73 Å². The van der Waals surface area contributed by atoms with Crippen molar-refractivity contribution in [1.29, 1.82) is 0 Å². The number of thiophene rings is 1. The summed E-state index contributed by atoms with van der Waals surface area (Å²) in [4.78, 5) is 1.09. The molecule has 0 saturated carbocycles. The van der Waals surface area contributed by atoms with Gasteiger partial charge in [0.2, 0.25) is 0 Å². The molecule has 0 fully saturated rings. The Hall–Kier alpha value is -0.450. The van der Waals surface area contributed by atoms with Crippen LogP contribution in [0.2, 0.25) is 0 Å². The Kier molecular flexibility index (Phi) is 2.12. The zero-order valence-electron chi connectivity index (χ0n) is 6.55. The van der Waals surface area contributed by atoms with Gasteiger partial charge in [0.15, 0.2) is 5.13 Å². The van der Waals surface area contributed by atoms with Crippen molar-refractivity contribution in [3.63, 3.8) is 0 Å². The lowest BCUT2D eigenvalue weighted by Crippen LogP contribution is -2.21. The average Bonchev–Trinajstić information content (AvgIpc) is 2.44. The van der Waals surface area contributed by atoms with E-state index in [0.29, 0.717) is 13.2 Å². The second-order valence-corrected chi connectivity index (χ2v) is 3.86. The molecule has 2 heterocycles. The Balaban J connectivity index is 2.36. The van der Waals surface area contributed by atoms with Crippen LogP contribution in [0.15, 0.2) is 6.07 Å². The van der Waals surface area contributed by atoms with Gasteiger partial charge in [0.1, 0.15) is 0 Å². The predicted octanol–water partition coefficient (Wildman–Crippen LogP) is 1.46. The molecular formula is C8H10FNOS. The topological polar surface area (TPSA) is 35.2 Å². The number of rotatable bonds is 1. The molecule has 1 atom stereocenters. The van der Waals surface area contributed by atoms with Crippen molar-refractivity contribution in [3.8, 4) is 0 Å². The van der Waals surface area contributed by atoms with E-state index in [1.54, 1.807) is 0 Å². The summed E-state index contributed by atoms with van der Waals surface area (Å²) in [5.41, 5.74) is 6.43. The molecule has 12 heavy (non-hydrogen) atoms. The van der Waals surface area contributed by atoms with Crippen LogP contribution in [0.4, 0.5) is 4.39 Å². The number of hydrogen-bond acceptors (Lipinski definition) is 3. The molecule has 1 aromatic heterocycles. The van der Waals surface area contributed by atoms with Gasteiger partial charge in [-0.05, 0) is 11.6 Å². The fraction of sp³-hybridized carbons (Fsp3) is 0.500. The lowest BCUT2D eigenvalue weighted by Gasteiger charge is -2.21. The number of hydrogen-bond donors (Lipinski definition) is 1. The third-order valence-corrected chi connectivity index (χ3v) is 3.02. The summed E-state index contributed by atoms with van der Waals surface area (Å²) in [6.07, 6.45) is 0.731. The van der Waals surface area contributed by atoms with Crippen LogP contribution in [-0.4, -0.2) is 13.2 Å². The molecule has 0 spiro atoms. The minimum Gasteiger partial charge on any atom is -0.372 e. The monoisotopic (exact) mass is 187 g/mol. The summed E-state index contributed by atoms with van der Waals surface area (Å²) < 4.78 is 18.2. The van der Waals surface area contributed by atoms with Gasteiger partial charge in [-0.25, -0.2) is 0 Å². The highest BCUT2D eigenvalue weighted by molar-refractivity contribution is 7.10. The van der Waals surface area contributed by atoms with E-state index in [0.717, 1.165) is 16.9 Å². The summed E-state index contributed by atoms with van der Waals surface area (Å²) in [6.45, 7) is 1.10. The molecule has 0 aliphatic carbocycles. The zero-order chi connectivity index (χ0) is 8.55. The SMILES string of the molecule is NC[C@@H]1OCCc2sc(F)cc21. The molecule has 2 nitrogen and oxygen atoms in total. The molecule has 0 bridgehead atoms. The molecule has 0 radical (unpaired) electrons. The maximum absolute atomic E-state index is 12.8. The summed E-state index contributed by atoms with van der Waals surface area (Å²) in [5, 5.41) is -0.135. The maximum atomic E-state index is 12.8. The highest BCUT2D eigenvalue weighted by Crippen LogP contribution is 2.32. The Morgan fingerprint density at radius 2 is 2.58 bits per heavy atom. The second kappa shape index (κ2) is 3.12. The lowest BCUT2D eigenvalue weighted by atomic mass is 10.1. The number of nitrogens with two attached hydrogens (primary N) is 1. The lowest BCUT2D eigenvalue weighted by molar-refractivity contribution is 0.0497. The Bertz CT molecular complexity index is 287. The van der Waals surface area contributed by atoms with Gasteiger partial charge in [-0.15, -0.1) is 11.3 Å². The third-order valence-electron chi connectivity index (χ3n) is 2.02. The van der Waals surface area contributed by atoms with E-state index < -0.39 is 0 Å². The van der Waals surface area contributed by atoms with Gasteiger partial charge in [0.05, 0.1) is 12.7 Å². The van der Waals surface area contributed by atoms with E-state index in [2.05, 4.69) is 0 Å². The highest BCUT2D eigenvalue weighted by atomic mass is 32.1.